The maximum Gasteiger partial charge on any atom is 0.178 e. The van der Waals surface area contributed by atoms with Crippen molar-refractivity contribution in [1.82, 2.24) is 25.5 Å². The highest BCUT2D eigenvalue weighted by atomic mass is 16.5. The van der Waals surface area contributed by atoms with Crippen LogP contribution in [0.3, 0.4) is 0 Å². The number of hydrogen-bond donors (Lipinski definition) is 1. The molecule has 0 amide bonds. The van der Waals surface area contributed by atoms with Crippen LogP contribution in [0.5, 0.6) is 0 Å². The highest BCUT2D eigenvalue weighted by molar-refractivity contribution is 5.79. The van der Waals surface area contributed by atoms with Crippen molar-refractivity contribution >= 4 is 5.78 Å². The number of hydrogen-bond acceptors (Lipinski definition) is 7. The van der Waals surface area contributed by atoms with E-state index in [4.69, 9.17) is 9.47 Å². The van der Waals surface area contributed by atoms with E-state index in [9.17, 15) is 4.79 Å². The predicted octanol–water partition coefficient (Wildman–Crippen LogP) is 2.38. The Labute approximate surface area is 178 Å². The zero-order valence-electron chi connectivity index (χ0n) is 18.0. The van der Waals surface area contributed by atoms with Crippen molar-refractivity contribution in [2.45, 2.75) is 45.6 Å². The van der Waals surface area contributed by atoms with Crippen LogP contribution < -0.4 is 0 Å². The summed E-state index contributed by atoms with van der Waals surface area (Å²) in [6, 6.07) is 8.41. The van der Waals surface area contributed by atoms with Gasteiger partial charge in [0.1, 0.15) is 5.78 Å². The third kappa shape index (κ3) is 6.68. The van der Waals surface area contributed by atoms with Gasteiger partial charge in [-0.15, -0.1) is 10.2 Å². The number of Topliss-reactive ketones (excluding diaryl/α,β-unsaturated/α-hetero) is 1. The molecular formula is C22H33N5O3. The Kier molecular flexibility index (Phi) is 8.92. The number of rotatable bonds is 12. The van der Waals surface area contributed by atoms with E-state index >= 15 is 0 Å². The molecule has 1 fully saturated rings. The zero-order chi connectivity index (χ0) is 21.2. The van der Waals surface area contributed by atoms with Crippen LogP contribution in [0.1, 0.15) is 49.6 Å². The minimum Gasteiger partial charge on any atom is -0.379 e. The summed E-state index contributed by atoms with van der Waals surface area (Å²) in [6.45, 7) is 9.62. The van der Waals surface area contributed by atoms with Crippen molar-refractivity contribution in [3.05, 3.63) is 41.2 Å². The summed E-state index contributed by atoms with van der Waals surface area (Å²) >= 11 is 0. The summed E-state index contributed by atoms with van der Waals surface area (Å²) in [5, 5.41) is 14.6. The third-order valence-electron chi connectivity index (χ3n) is 5.70. The Bertz CT molecular complexity index is 745. The van der Waals surface area contributed by atoms with Crippen LogP contribution in [-0.4, -0.2) is 70.8 Å². The van der Waals surface area contributed by atoms with E-state index < -0.39 is 0 Å². The minimum absolute atomic E-state index is 0.0724. The standard InChI is InChI=1S/C22H33N5O3/c1-3-4-20(17(2)28)21(22-23-25-26-24-22)15-18-5-7-19(8-6-18)16-30-14-11-27-9-12-29-13-10-27/h5-8,20-21H,3-4,9-16H2,1-2H3,(H,23,24,25,26)/t20-,21+/m1/s1. The number of carbonyl (C=O) groups excluding carboxylic acids is 1. The largest absolute Gasteiger partial charge is 0.379 e. The first-order valence-corrected chi connectivity index (χ1v) is 10.9. The number of nitrogens with one attached hydrogen (secondary N) is 1. The van der Waals surface area contributed by atoms with Crippen molar-refractivity contribution in [2.24, 2.45) is 5.92 Å². The third-order valence-corrected chi connectivity index (χ3v) is 5.70. The molecule has 30 heavy (non-hydrogen) atoms. The quantitative estimate of drug-likeness (QED) is 0.532. The van der Waals surface area contributed by atoms with Crippen LogP contribution in [0.15, 0.2) is 24.3 Å². The van der Waals surface area contributed by atoms with Crippen molar-refractivity contribution in [3.63, 3.8) is 0 Å². The summed E-state index contributed by atoms with van der Waals surface area (Å²) in [5.41, 5.74) is 2.30. The maximum absolute atomic E-state index is 12.3. The SMILES string of the molecule is CCC[C@H](C(C)=O)[C@H](Cc1ccc(COCCN2CCOCC2)cc1)c1nn[nH]n1. The summed E-state index contributed by atoms with van der Waals surface area (Å²) in [5.74, 6) is 0.615. The van der Waals surface area contributed by atoms with Gasteiger partial charge in [0, 0.05) is 31.5 Å². The van der Waals surface area contributed by atoms with Gasteiger partial charge in [0.2, 0.25) is 0 Å². The molecule has 1 aliphatic rings. The van der Waals surface area contributed by atoms with E-state index in [-0.39, 0.29) is 17.6 Å². The number of H-pyrrole nitrogens is 1. The first-order chi connectivity index (χ1) is 14.7. The van der Waals surface area contributed by atoms with Crippen molar-refractivity contribution < 1.29 is 14.3 Å². The average molecular weight is 416 g/mol. The lowest BCUT2D eigenvalue weighted by Crippen LogP contribution is -2.38. The van der Waals surface area contributed by atoms with Gasteiger partial charge in [-0.3, -0.25) is 9.69 Å². The molecule has 2 atom stereocenters. The summed E-state index contributed by atoms with van der Waals surface area (Å²) < 4.78 is 11.2. The molecule has 2 heterocycles. The molecule has 1 aromatic carbocycles. The fourth-order valence-electron chi connectivity index (χ4n) is 3.97. The van der Waals surface area contributed by atoms with Gasteiger partial charge in [0.15, 0.2) is 5.82 Å². The van der Waals surface area contributed by atoms with Crippen LogP contribution >= 0.6 is 0 Å². The van der Waals surface area contributed by atoms with E-state index in [2.05, 4.69) is 56.7 Å². The molecule has 0 unspecified atom stereocenters. The number of morpholine rings is 1. The van der Waals surface area contributed by atoms with Crippen LogP contribution in [-0.2, 0) is 27.3 Å². The summed E-state index contributed by atoms with van der Waals surface area (Å²) in [6.07, 6.45) is 2.48. The zero-order valence-corrected chi connectivity index (χ0v) is 18.0. The molecule has 2 aromatic rings. The van der Waals surface area contributed by atoms with Crippen molar-refractivity contribution in [1.29, 1.82) is 0 Å². The monoisotopic (exact) mass is 415 g/mol. The predicted molar refractivity (Wildman–Crippen MR) is 113 cm³/mol. The summed E-state index contributed by atoms with van der Waals surface area (Å²) in [7, 11) is 0. The second kappa shape index (κ2) is 11.9. The summed E-state index contributed by atoms with van der Waals surface area (Å²) in [4.78, 5) is 14.6. The van der Waals surface area contributed by atoms with E-state index in [1.165, 1.54) is 0 Å². The van der Waals surface area contributed by atoms with Crippen LogP contribution in [0.4, 0.5) is 0 Å². The topological polar surface area (TPSA) is 93.2 Å². The van der Waals surface area contributed by atoms with Gasteiger partial charge in [-0.2, -0.15) is 5.21 Å². The van der Waals surface area contributed by atoms with Gasteiger partial charge >= 0.3 is 0 Å². The molecule has 0 spiro atoms. The Morgan fingerprint density at radius 3 is 2.60 bits per heavy atom. The average Bonchev–Trinajstić information content (AvgIpc) is 3.30. The number of benzene rings is 1. The molecule has 1 aliphatic heterocycles. The number of tetrazole rings is 1. The van der Waals surface area contributed by atoms with Crippen molar-refractivity contribution in [2.75, 3.05) is 39.5 Å². The molecular weight excluding hydrogens is 382 g/mol. The molecule has 8 heteroatoms. The normalized spacial score (nSPS) is 17.0. The Hall–Kier alpha value is -2.16. The van der Waals surface area contributed by atoms with Crippen LogP contribution in [0.25, 0.3) is 0 Å². The number of ketones is 1. The molecule has 0 radical (unpaired) electrons. The molecule has 1 aromatic heterocycles. The van der Waals surface area contributed by atoms with Gasteiger partial charge < -0.3 is 9.47 Å². The molecule has 3 rings (SSSR count). The van der Waals surface area contributed by atoms with Crippen molar-refractivity contribution in [3.8, 4) is 0 Å². The molecule has 8 nitrogen and oxygen atoms in total. The van der Waals surface area contributed by atoms with Gasteiger partial charge in [-0.1, -0.05) is 42.8 Å². The molecule has 1 saturated heterocycles. The highest BCUT2D eigenvalue weighted by Crippen LogP contribution is 2.30. The van der Waals surface area contributed by atoms with E-state index in [1.54, 1.807) is 6.92 Å². The lowest BCUT2D eigenvalue weighted by atomic mass is 9.81. The number of aromatic nitrogens is 4. The van der Waals surface area contributed by atoms with E-state index in [1.807, 2.05) is 0 Å². The Balaban J connectivity index is 1.53. The van der Waals surface area contributed by atoms with Crippen LogP contribution in [0.2, 0.25) is 0 Å². The fraction of sp³-hybridized carbons (Fsp3) is 0.636. The fourth-order valence-corrected chi connectivity index (χ4v) is 3.97. The molecule has 0 bridgehead atoms. The Morgan fingerprint density at radius 1 is 1.23 bits per heavy atom. The lowest BCUT2D eigenvalue weighted by molar-refractivity contribution is -0.121. The second-order valence-electron chi connectivity index (χ2n) is 7.91. The second-order valence-corrected chi connectivity index (χ2v) is 7.91. The van der Waals surface area contributed by atoms with Gasteiger partial charge in [-0.05, 0) is 30.9 Å². The van der Waals surface area contributed by atoms with Gasteiger partial charge in [0.05, 0.1) is 26.4 Å². The molecule has 0 saturated carbocycles. The van der Waals surface area contributed by atoms with Crippen LogP contribution in [0, 0.1) is 5.92 Å². The maximum atomic E-state index is 12.3. The molecule has 1 N–H and O–H groups in total. The first kappa shape index (κ1) is 22.5. The highest BCUT2D eigenvalue weighted by Gasteiger charge is 2.29. The van der Waals surface area contributed by atoms with E-state index in [0.717, 1.165) is 63.4 Å². The lowest BCUT2D eigenvalue weighted by Gasteiger charge is -2.26. The van der Waals surface area contributed by atoms with Gasteiger partial charge in [-0.25, -0.2) is 0 Å². The first-order valence-electron chi connectivity index (χ1n) is 10.9. The molecule has 164 valence electrons. The number of carbonyl (C=O) groups is 1. The van der Waals surface area contributed by atoms with E-state index in [0.29, 0.717) is 18.9 Å². The number of aromatic amines is 1. The smallest absolute Gasteiger partial charge is 0.178 e. The Morgan fingerprint density at radius 2 is 1.97 bits per heavy atom. The van der Waals surface area contributed by atoms with Gasteiger partial charge in [0.25, 0.3) is 0 Å². The minimum atomic E-state index is -0.101. The number of ether oxygens (including phenoxy) is 2. The number of nitrogens with zero attached hydrogens (tertiary/aromatic N) is 4. The molecule has 0 aliphatic carbocycles.